The fraction of sp³-hybridized carbons (Fsp3) is 0. The maximum Gasteiger partial charge on any atom is -0.00139 e. The summed E-state index contributed by atoms with van der Waals surface area (Å²) in [4.78, 5) is 0. The van der Waals surface area contributed by atoms with Crippen molar-refractivity contribution >= 4 is 172 Å². The molecule has 0 radical (unpaired) electrons. The van der Waals surface area contributed by atoms with Crippen LogP contribution in [0, 0.1) is 0 Å². The van der Waals surface area contributed by atoms with Crippen molar-refractivity contribution in [3.63, 3.8) is 0 Å². The molecule has 0 aliphatic heterocycles. The maximum absolute atomic E-state index is 2.44. The molecule has 0 atom stereocenters. The molecule has 0 amide bonds. The fourth-order valence-corrected chi connectivity index (χ4v) is 13.2. The molecule has 17 aromatic rings. The Kier molecular flexibility index (Phi) is 4.69. The van der Waals surface area contributed by atoms with Gasteiger partial charge in [-0.3, -0.25) is 0 Å². The van der Waals surface area contributed by atoms with Gasteiger partial charge in [0.15, 0.2) is 0 Å². The van der Waals surface area contributed by atoms with E-state index in [4.69, 9.17) is 0 Å². The lowest BCUT2D eigenvalue weighted by Gasteiger charge is -2.23. The number of fused-ring (bicyclic) bond motifs is 10. The van der Waals surface area contributed by atoms with Gasteiger partial charge in [-0.25, -0.2) is 0 Å². The molecule has 0 fully saturated rings. The number of hydrogen-bond acceptors (Lipinski definition) is 0. The van der Waals surface area contributed by atoms with Crippen molar-refractivity contribution in [1.29, 1.82) is 0 Å². The second kappa shape index (κ2) is 9.56. The number of hydrogen-bond donors (Lipinski definition) is 0. The highest BCUT2D eigenvalue weighted by Crippen LogP contribution is 2.53. The molecule has 0 heteroatoms. The van der Waals surface area contributed by atoms with E-state index < -0.39 is 0 Å². The van der Waals surface area contributed by atoms with Crippen molar-refractivity contribution in [3.8, 4) is 0 Å². The Morgan fingerprint density at radius 2 is 0.250 bits per heavy atom. The van der Waals surface area contributed by atoms with Gasteiger partial charge in [-0.2, -0.15) is 0 Å². The fourth-order valence-electron chi connectivity index (χ4n) is 13.2. The molecule has 0 spiro atoms. The van der Waals surface area contributed by atoms with E-state index in [0.29, 0.717) is 0 Å². The van der Waals surface area contributed by atoms with E-state index in [1.807, 2.05) is 0 Å². The zero-order chi connectivity index (χ0) is 38.3. The molecule has 0 aliphatic rings. The van der Waals surface area contributed by atoms with Crippen LogP contribution in [-0.2, 0) is 0 Å². The summed E-state index contributed by atoms with van der Waals surface area (Å²) in [5.41, 5.74) is 0. The molecule has 0 saturated carbocycles. The van der Waals surface area contributed by atoms with E-state index in [9.17, 15) is 0 Å². The predicted molar refractivity (Wildman–Crippen MR) is 262 cm³/mol. The lowest BCUT2D eigenvalue weighted by atomic mass is 9.80. The van der Waals surface area contributed by atoms with E-state index in [1.54, 1.807) is 0 Å². The van der Waals surface area contributed by atoms with Crippen molar-refractivity contribution < 1.29 is 0 Å². The van der Waals surface area contributed by atoms with Gasteiger partial charge in [0.25, 0.3) is 0 Å². The van der Waals surface area contributed by atoms with Crippen molar-refractivity contribution in [2.75, 3.05) is 0 Å². The standard InChI is InChI=1S/C60H28/c1-5-29-6-2-10-32-36-14-18-40-44-22-26-48-50-28-24-46-42-20-16-38-34-12-4-8-30-7-3-11-33(52(30)34)37-15-19-41(56(42)54(37)38)45-23-27-49(60(50)58(45)46)47-25-21-43(57(44)59(47)48)39-17-13-35(53(36)55(39)40)31(9-1)51(29)32/h1-28H. The Balaban J connectivity index is 1.03. The third kappa shape index (κ3) is 3.03. The molecule has 0 unspecified atom stereocenters. The summed E-state index contributed by atoms with van der Waals surface area (Å²) in [5, 5.41) is 43.4. The summed E-state index contributed by atoms with van der Waals surface area (Å²) in [6, 6.07) is 65.9. The summed E-state index contributed by atoms with van der Waals surface area (Å²) in [6.07, 6.45) is 0. The minimum Gasteiger partial charge on any atom is -0.0610 e. The van der Waals surface area contributed by atoms with Gasteiger partial charge in [0, 0.05) is 0 Å². The molecule has 0 aromatic heterocycles. The SMILES string of the molecule is c1cc2cccc3c4ccc5c6ccc7c8ccc9c%10ccc%11c%12cccc%13cccc(c%14ccc(c%15ccc(c%16ccc(c%17ccc(c(c1)c23)c4c%175)c6c%167)c8c%159)c%10c%14%11)c%13%12. The van der Waals surface area contributed by atoms with Gasteiger partial charge in [0.2, 0.25) is 0 Å². The van der Waals surface area contributed by atoms with Crippen LogP contribution in [0.1, 0.15) is 0 Å². The minimum atomic E-state index is 1.31. The van der Waals surface area contributed by atoms with Gasteiger partial charge in [-0.05, 0) is 172 Å². The van der Waals surface area contributed by atoms with Gasteiger partial charge in [-0.15, -0.1) is 0 Å². The molecule has 0 aliphatic carbocycles. The normalized spacial score (nSPS) is 13.3. The molecule has 0 saturated heterocycles. The molecular formula is C60H28. The Bertz CT molecular complexity index is 4210. The highest BCUT2D eigenvalue weighted by atomic mass is 14.3. The van der Waals surface area contributed by atoms with Crippen LogP contribution in [0.2, 0.25) is 0 Å². The Morgan fingerprint density at radius 3 is 0.400 bits per heavy atom. The highest BCUT2D eigenvalue weighted by molar-refractivity contribution is 6.49. The molecular weight excluding hydrogens is 721 g/mol. The molecule has 17 aromatic carbocycles. The zero-order valence-electron chi connectivity index (χ0n) is 32.2. The van der Waals surface area contributed by atoms with Crippen LogP contribution in [0.15, 0.2) is 170 Å². The zero-order valence-corrected chi connectivity index (χ0v) is 32.2. The van der Waals surface area contributed by atoms with Crippen LogP contribution in [-0.4, -0.2) is 0 Å². The Morgan fingerprint density at radius 1 is 0.117 bits per heavy atom. The largest absolute Gasteiger partial charge is 0.0610 e. The van der Waals surface area contributed by atoms with Gasteiger partial charge in [0.1, 0.15) is 0 Å². The van der Waals surface area contributed by atoms with Crippen LogP contribution in [0.3, 0.4) is 0 Å². The Labute approximate surface area is 340 Å². The third-order valence-electron chi connectivity index (χ3n) is 15.4. The lowest BCUT2D eigenvalue weighted by molar-refractivity contribution is 1.80. The summed E-state index contributed by atoms with van der Waals surface area (Å²) in [7, 11) is 0. The molecule has 60 heavy (non-hydrogen) atoms. The van der Waals surface area contributed by atoms with Crippen LogP contribution >= 0.6 is 0 Å². The first-order valence-corrected chi connectivity index (χ1v) is 21.3. The highest BCUT2D eigenvalue weighted by Gasteiger charge is 2.25. The van der Waals surface area contributed by atoms with Gasteiger partial charge in [-0.1, -0.05) is 170 Å². The Hall–Kier alpha value is -7.80. The van der Waals surface area contributed by atoms with Crippen LogP contribution in [0.4, 0.5) is 0 Å². The number of benzene rings is 17. The maximum atomic E-state index is 2.44. The molecule has 0 heterocycles. The van der Waals surface area contributed by atoms with Crippen LogP contribution in [0.5, 0.6) is 0 Å². The first-order chi connectivity index (χ1) is 29.8. The van der Waals surface area contributed by atoms with Crippen LogP contribution < -0.4 is 0 Å². The second-order valence-corrected chi connectivity index (χ2v) is 17.7. The topological polar surface area (TPSA) is 0 Å². The average Bonchev–Trinajstić information content (AvgIpc) is 3.31. The molecule has 268 valence electrons. The predicted octanol–water partition coefficient (Wildman–Crippen LogP) is 17.3. The van der Waals surface area contributed by atoms with E-state index in [-0.39, 0.29) is 0 Å². The van der Waals surface area contributed by atoms with E-state index in [0.717, 1.165) is 0 Å². The quantitative estimate of drug-likeness (QED) is 0.107. The average molecular weight is 749 g/mol. The molecule has 0 nitrogen and oxygen atoms in total. The van der Waals surface area contributed by atoms with Crippen molar-refractivity contribution in [3.05, 3.63) is 170 Å². The summed E-state index contributed by atoms with van der Waals surface area (Å²) >= 11 is 0. The van der Waals surface area contributed by atoms with E-state index in [2.05, 4.69) is 170 Å². The van der Waals surface area contributed by atoms with Crippen LogP contribution in [0.25, 0.3) is 172 Å². The smallest absolute Gasteiger partial charge is 0.00139 e. The first-order valence-electron chi connectivity index (χ1n) is 21.3. The van der Waals surface area contributed by atoms with Gasteiger partial charge >= 0.3 is 0 Å². The third-order valence-corrected chi connectivity index (χ3v) is 15.4. The second-order valence-electron chi connectivity index (χ2n) is 17.7. The lowest BCUT2D eigenvalue weighted by Crippen LogP contribution is -1.94. The molecule has 0 bridgehead atoms. The van der Waals surface area contributed by atoms with Crippen molar-refractivity contribution in [2.45, 2.75) is 0 Å². The summed E-state index contributed by atoms with van der Waals surface area (Å²) < 4.78 is 0. The van der Waals surface area contributed by atoms with Crippen molar-refractivity contribution in [2.24, 2.45) is 0 Å². The monoisotopic (exact) mass is 748 g/mol. The van der Waals surface area contributed by atoms with E-state index in [1.165, 1.54) is 172 Å². The van der Waals surface area contributed by atoms with E-state index >= 15 is 0 Å². The minimum absolute atomic E-state index is 1.31. The molecule has 17 rings (SSSR count). The molecule has 0 N–H and O–H groups in total. The summed E-state index contributed by atoms with van der Waals surface area (Å²) in [6.45, 7) is 0. The van der Waals surface area contributed by atoms with Gasteiger partial charge < -0.3 is 0 Å². The number of rotatable bonds is 0. The first kappa shape index (κ1) is 29.4. The van der Waals surface area contributed by atoms with Gasteiger partial charge in [0.05, 0.1) is 0 Å². The summed E-state index contributed by atoms with van der Waals surface area (Å²) in [5.74, 6) is 0. The van der Waals surface area contributed by atoms with Crippen molar-refractivity contribution in [1.82, 2.24) is 0 Å².